The quantitative estimate of drug-likeness (QED) is 0.675. The third kappa shape index (κ3) is 6.24. The number of amides is 2. The Morgan fingerprint density at radius 3 is 2.28 bits per heavy atom. The highest BCUT2D eigenvalue weighted by atomic mass is 16.5. The van der Waals surface area contributed by atoms with Crippen LogP contribution in [0.1, 0.15) is 53.9 Å². The van der Waals surface area contributed by atoms with E-state index >= 15 is 0 Å². The zero-order valence-electron chi connectivity index (χ0n) is 17.8. The van der Waals surface area contributed by atoms with E-state index < -0.39 is 0 Å². The smallest absolute Gasteiger partial charge is 0.251 e. The van der Waals surface area contributed by atoms with Gasteiger partial charge in [-0.15, -0.1) is 0 Å². The summed E-state index contributed by atoms with van der Waals surface area (Å²) < 4.78 is 11.2. The Morgan fingerprint density at radius 2 is 1.62 bits per heavy atom. The van der Waals surface area contributed by atoms with Gasteiger partial charge >= 0.3 is 0 Å². The van der Waals surface area contributed by atoms with Gasteiger partial charge in [0.25, 0.3) is 5.91 Å². The minimum absolute atomic E-state index is 0.0918. The molecule has 1 atom stereocenters. The van der Waals surface area contributed by atoms with E-state index in [-0.39, 0.29) is 24.4 Å². The molecular formula is C23H30N2O4. The lowest BCUT2D eigenvalue weighted by atomic mass is 10.1. The highest BCUT2D eigenvalue weighted by molar-refractivity contribution is 5.96. The van der Waals surface area contributed by atoms with E-state index in [0.29, 0.717) is 30.3 Å². The van der Waals surface area contributed by atoms with E-state index in [1.54, 1.807) is 6.07 Å². The molecule has 0 aromatic heterocycles. The summed E-state index contributed by atoms with van der Waals surface area (Å²) in [4.78, 5) is 24.5. The lowest BCUT2D eigenvalue weighted by Crippen LogP contribution is -2.38. The molecule has 0 fully saturated rings. The summed E-state index contributed by atoms with van der Waals surface area (Å²) in [6.07, 6.45) is 0. The molecule has 2 amide bonds. The molecule has 156 valence electrons. The molecule has 0 aliphatic rings. The normalized spacial score (nSPS) is 11.5. The van der Waals surface area contributed by atoms with Crippen molar-refractivity contribution in [1.29, 1.82) is 0 Å². The molecule has 0 radical (unpaired) electrons. The summed E-state index contributed by atoms with van der Waals surface area (Å²) in [5, 5.41) is 5.56. The molecule has 0 bridgehead atoms. The number of hydrogen-bond acceptors (Lipinski definition) is 4. The van der Waals surface area contributed by atoms with Crippen molar-refractivity contribution in [2.75, 3.05) is 19.8 Å². The summed E-state index contributed by atoms with van der Waals surface area (Å²) in [6.45, 7) is 10.6. The van der Waals surface area contributed by atoms with Crippen LogP contribution < -0.4 is 20.1 Å². The first-order valence-electron chi connectivity index (χ1n) is 9.90. The first-order chi connectivity index (χ1) is 13.8. The number of carbonyl (C=O) groups excluding carboxylic acids is 2. The fourth-order valence-corrected chi connectivity index (χ4v) is 2.86. The lowest BCUT2D eigenvalue weighted by molar-refractivity contribution is -0.120. The molecule has 2 aromatic rings. The number of nitrogens with one attached hydrogen (secondary N) is 2. The maximum absolute atomic E-state index is 12.3. The maximum Gasteiger partial charge on any atom is 0.251 e. The molecule has 6 nitrogen and oxygen atoms in total. The summed E-state index contributed by atoms with van der Waals surface area (Å²) >= 11 is 0. The predicted molar refractivity (Wildman–Crippen MR) is 114 cm³/mol. The van der Waals surface area contributed by atoms with Crippen LogP contribution in [0.5, 0.6) is 11.5 Å². The fraction of sp³-hybridized carbons (Fsp3) is 0.391. The molecule has 0 heterocycles. The van der Waals surface area contributed by atoms with E-state index in [1.807, 2.05) is 65.0 Å². The number of carbonyl (C=O) groups is 2. The fourth-order valence-electron chi connectivity index (χ4n) is 2.86. The summed E-state index contributed by atoms with van der Waals surface area (Å²) in [7, 11) is 0. The number of hydrogen-bond donors (Lipinski definition) is 2. The zero-order chi connectivity index (χ0) is 21.4. The second-order valence-corrected chi connectivity index (χ2v) is 6.84. The van der Waals surface area contributed by atoms with E-state index in [9.17, 15) is 9.59 Å². The van der Waals surface area contributed by atoms with Gasteiger partial charge in [-0.3, -0.25) is 9.59 Å². The van der Waals surface area contributed by atoms with E-state index in [2.05, 4.69) is 10.6 Å². The van der Waals surface area contributed by atoms with Crippen molar-refractivity contribution in [3.63, 3.8) is 0 Å². The van der Waals surface area contributed by atoms with Crippen LogP contribution >= 0.6 is 0 Å². The second-order valence-electron chi connectivity index (χ2n) is 6.84. The Bertz CT molecular complexity index is 864. The van der Waals surface area contributed by atoms with Crippen LogP contribution in [0, 0.1) is 13.8 Å². The highest BCUT2D eigenvalue weighted by Crippen LogP contribution is 2.30. The van der Waals surface area contributed by atoms with Crippen LogP contribution in [0.25, 0.3) is 0 Å². The minimum atomic E-state index is -0.268. The average Bonchev–Trinajstić information content (AvgIpc) is 2.69. The van der Waals surface area contributed by atoms with Crippen LogP contribution in [0.4, 0.5) is 0 Å². The van der Waals surface area contributed by atoms with Gasteiger partial charge in [-0.1, -0.05) is 12.1 Å². The van der Waals surface area contributed by atoms with Crippen LogP contribution in [-0.4, -0.2) is 31.6 Å². The van der Waals surface area contributed by atoms with Crippen molar-refractivity contribution in [2.24, 2.45) is 0 Å². The Kier molecular flexibility index (Phi) is 8.07. The van der Waals surface area contributed by atoms with Gasteiger partial charge in [0.05, 0.1) is 25.8 Å². The van der Waals surface area contributed by atoms with Crippen LogP contribution in [-0.2, 0) is 4.79 Å². The van der Waals surface area contributed by atoms with Gasteiger partial charge in [0.2, 0.25) is 5.91 Å². The standard InChI is InChI=1S/C23H30N2O4/c1-6-28-20-11-10-18(13-21(20)29-7-2)17(5)25-22(26)14-24-23(27)19-9-8-15(3)16(4)12-19/h8-13,17H,6-7,14H2,1-5H3,(H,24,27)(H,25,26)/t17-/m1/s1. The molecule has 29 heavy (non-hydrogen) atoms. The Hall–Kier alpha value is -3.02. The number of ether oxygens (including phenoxy) is 2. The van der Waals surface area contributed by atoms with E-state index in [4.69, 9.17) is 9.47 Å². The minimum Gasteiger partial charge on any atom is -0.490 e. The van der Waals surface area contributed by atoms with Crippen LogP contribution in [0.15, 0.2) is 36.4 Å². The lowest BCUT2D eigenvalue weighted by Gasteiger charge is -2.18. The van der Waals surface area contributed by atoms with Crippen molar-refractivity contribution in [3.05, 3.63) is 58.7 Å². The van der Waals surface area contributed by atoms with Gasteiger partial charge in [-0.05, 0) is 75.6 Å². The molecule has 6 heteroatoms. The number of rotatable bonds is 9. The molecule has 0 saturated carbocycles. The molecule has 0 saturated heterocycles. The topological polar surface area (TPSA) is 76.7 Å². The summed E-state index contributed by atoms with van der Waals surface area (Å²) in [5.41, 5.74) is 3.60. The molecule has 0 spiro atoms. The van der Waals surface area contributed by atoms with Gasteiger partial charge in [-0.25, -0.2) is 0 Å². The van der Waals surface area contributed by atoms with Crippen molar-refractivity contribution in [3.8, 4) is 11.5 Å². The Balaban J connectivity index is 1.95. The van der Waals surface area contributed by atoms with Gasteiger partial charge in [0.15, 0.2) is 11.5 Å². The van der Waals surface area contributed by atoms with Gasteiger partial charge in [0, 0.05) is 5.56 Å². The summed E-state index contributed by atoms with van der Waals surface area (Å²) in [6, 6.07) is 10.8. The van der Waals surface area contributed by atoms with Crippen LogP contribution in [0.3, 0.4) is 0 Å². The molecular weight excluding hydrogens is 368 g/mol. The van der Waals surface area contributed by atoms with E-state index in [1.165, 1.54) is 0 Å². The molecule has 2 aromatic carbocycles. The summed E-state index contributed by atoms with van der Waals surface area (Å²) in [5.74, 6) is 0.797. The number of aryl methyl sites for hydroxylation is 2. The maximum atomic E-state index is 12.3. The average molecular weight is 399 g/mol. The molecule has 2 N–H and O–H groups in total. The van der Waals surface area contributed by atoms with Gasteiger partial charge in [0.1, 0.15) is 0 Å². The monoisotopic (exact) mass is 398 g/mol. The van der Waals surface area contributed by atoms with Crippen molar-refractivity contribution < 1.29 is 19.1 Å². The first kappa shape index (κ1) is 22.3. The van der Waals surface area contributed by atoms with Crippen LogP contribution in [0.2, 0.25) is 0 Å². The van der Waals surface area contributed by atoms with Crippen molar-refractivity contribution in [2.45, 2.75) is 40.7 Å². The molecule has 0 aliphatic carbocycles. The molecule has 0 aliphatic heterocycles. The Morgan fingerprint density at radius 1 is 0.931 bits per heavy atom. The molecule has 0 unspecified atom stereocenters. The van der Waals surface area contributed by atoms with Crippen molar-refractivity contribution >= 4 is 11.8 Å². The molecule has 2 rings (SSSR count). The van der Waals surface area contributed by atoms with Gasteiger partial charge in [-0.2, -0.15) is 0 Å². The third-order valence-corrected chi connectivity index (χ3v) is 4.62. The zero-order valence-corrected chi connectivity index (χ0v) is 17.8. The van der Waals surface area contributed by atoms with Gasteiger partial charge < -0.3 is 20.1 Å². The second kappa shape index (κ2) is 10.5. The SMILES string of the molecule is CCOc1ccc([C@@H](C)NC(=O)CNC(=O)c2ccc(C)c(C)c2)cc1OCC. The first-order valence-corrected chi connectivity index (χ1v) is 9.90. The third-order valence-electron chi connectivity index (χ3n) is 4.62. The predicted octanol–water partition coefficient (Wildman–Crippen LogP) is 3.71. The Labute approximate surface area is 172 Å². The van der Waals surface area contributed by atoms with Crippen molar-refractivity contribution in [1.82, 2.24) is 10.6 Å². The largest absolute Gasteiger partial charge is 0.490 e. The van der Waals surface area contributed by atoms with E-state index in [0.717, 1.165) is 16.7 Å². The number of benzene rings is 2. The highest BCUT2D eigenvalue weighted by Gasteiger charge is 2.14.